The zero-order chi connectivity index (χ0) is 34.5. The average Bonchev–Trinajstić information content (AvgIpc) is 3.15. The highest BCUT2D eigenvalue weighted by atomic mass is 15.1. The van der Waals surface area contributed by atoms with Crippen molar-refractivity contribution in [3.8, 4) is 11.1 Å². The van der Waals surface area contributed by atoms with Gasteiger partial charge in [0.25, 0.3) is 0 Å². The smallest absolute Gasteiger partial charge is 0.0540 e. The first-order chi connectivity index (χ1) is 25.0. The molecule has 0 aliphatic heterocycles. The normalized spacial score (nSPS) is 11.4. The van der Waals surface area contributed by atoms with Crippen molar-refractivity contribution < 1.29 is 0 Å². The van der Waals surface area contributed by atoms with E-state index in [4.69, 9.17) is 0 Å². The molecule has 0 aliphatic rings. The molecule has 0 saturated carbocycles. The van der Waals surface area contributed by atoms with Crippen LogP contribution in [0.25, 0.3) is 43.4 Å². The van der Waals surface area contributed by atoms with E-state index in [9.17, 15) is 0 Å². The lowest BCUT2D eigenvalue weighted by Crippen LogP contribution is -2.11. The molecule has 2 heteroatoms. The van der Waals surface area contributed by atoms with Crippen molar-refractivity contribution in [3.63, 3.8) is 0 Å². The Morgan fingerprint density at radius 2 is 0.725 bits per heavy atom. The largest absolute Gasteiger partial charge is 0.310 e. The van der Waals surface area contributed by atoms with Crippen molar-refractivity contribution in [2.45, 2.75) is 20.8 Å². The lowest BCUT2D eigenvalue weighted by atomic mass is 9.93. The standard InChI is InChI=1S/C49H38N2/c1-33-8-4-13-43(30-33)50(44-14-5-9-34(2)31-44)41-24-18-36(19-25-41)37-20-26-42(27-21-37)51(45-15-6-10-35(3)32-45)47-29-23-40-17-16-38-11-7-12-39-22-28-46(47)49(40)48(38)39/h4-32H,1-3H3. The monoisotopic (exact) mass is 654 g/mol. The Morgan fingerprint density at radius 3 is 1.24 bits per heavy atom. The van der Waals surface area contributed by atoms with Gasteiger partial charge in [-0.2, -0.15) is 0 Å². The lowest BCUT2D eigenvalue weighted by Gasteiger charge is -2.28. The highest BCUT2D eigenvalue weighted by molar-refractivity contribution is 6.25. The predicted molar refractivity (Wildman–Crippen MR) is 219 cm³/mol. The van der Waals surface area contributed by atoms with E-state index in [1.807, 2.05) is 0 Å². The Hall–Kier alpha value is -6.38. The van der Waals surface area contributed by atoms with E-state index in [1.165, 1.54) is 65.8 Å². The van der Waals surface area contributed by atoms with E-state index in [0.29, 0.717) is 0 Å². The molecule has 244 valence electrons. The van der Waals surface area contributed by atoms with E-state index in [-0.39, 0.29) is 0 Å². The van der Waals surface area contributed by atoms with Crippen LogP contribution in [0.2, 0.25) is 0 Å². The Kier molecular flexibility index (Phi) is 7.51. The first-order valence-electron chi connectivity index (χ1n) is 17.7. The van der Waals surface area contributed by atoms with Crippen molar-refractivity contribution in [2.75, 3.05) is 9.80 Å². The molecule has 9 aromatic rings. The number of benzene rings is 9. The maximum Gasteiger partial charge on any atom is 0.0540 e. The highest BCUT2D eigenvalue weighted by Gasteiger charge is 2.19. The van der Waals surface area contributed by atoms with Gasteiger partial charge in [0, 0.05) is 33.8 Å². The van der Waals surface area contributed by atoms with Crippen molar-refractivity contribution in [1.82, 2.24) is 0 Å². The molecule has 9 aromatic carbocycles. The van der Waals surface area contributed by atoms with Crippen LogP contribution in [0.3, 0.4) is 0 Å². The Morgan fingerprint density at radius 1 is 0.314 bits per heavy atom. The number of hydrogen-bond donors (Lipinski definition) is 0. The van der Waals surface area contributed by atoms with Crippen LogP contribution in [0.5, 0.6) is 0 Å². The van der Waals surface area contributed by atoms with Gasteiger partial charge in [-0.1, -0.05) is 109 Å². The van der Waals surface area contributed by atoms with Crippen molar-refractivity contribution in [2.24, 2.45) is 0 Å². The van der Waals surface area contributed by atoms with Crippen LogP contribution in [0.1, 0.15) is 16.7 Å². The minimum atomic E-state index is 1.13. The maximum absolute atomic E-state index is 2.41. The van der Waals surface area contributed by atoms with Gasteiger partial charge in [0.1, 0.15) is 0 Å². The molecule has 0 unspecified atom stereocenters. The van der Waals surface area contributed by atoms with Crippen LogP contribution in [0, 0.1) is 20.8 Å². The summed E-state index contributed by atoms with van der Waals surface area (Å²) in [5, 5.41) is 7.74. The molecule has 0 N–H and O–H groups in total. The van der Waals surface area contributed by atoms with Crippen LogP contribution in [-0.4, -0.2) is 0 Å². The first kappa shape index (κ1) is 30.7. The van der Waals surface area contributed by atoms with Gasteiger partial charge in [0.05, 0.1) is 5.69 Å². The summed E-state index contributed by atoms with van der Waals surface area (Å²) in [6, 6.07) is 64.4. The van der Waals surface area contributed by atoms with Gasteiger partial charge in [-0.05, 0) is 142 Å². The molecule has 0 radical (unpaired) electrons. The number of rotatable bonds is 7. The minimum absolute atomic E-state index is 1.13. The molecule has 0 fully saturated rings. The van der Waals surface area contributed by atoms with E-state index >= 15 is 0 Å². The highest BCUT2D eigenvalue weighted by Crippen LogP contribution is 2.44. The van der Waals surface area contributed by atoms with E-state index in [1.54, 1.807) is 0 Å². The zero-order valence-corrected chi connectivity index (χ0v) is 29.1. The fourth-order valence-electron chi connectivity index (χ4n) is 7.70. The molecule has 0 aromatic heterocycles. The third-order valence-electron chi connectivity index (χ3n) is 10.1. The van der Waals surface area contributed by atoms with Gasteiger partial charge < -0.3 is 9.80 Å². The molecule has 0 atom stereocenters. The molecular formula is C49H38N2. The lowest BCUT2D eigenvalue weighted by molar-refractivity contribution is 1.26. The van der Waals surface area contributed by atoms with Crippen LogP contribution < -0.4 is 9.80 Å². The van der Waals surface area contributed by atoms with Crippen LogP contribution in [-0.2, 0) is 0 Å². The number of aryl methyl sites for hydroxylation is 3. The maximum atomic E-state index is 2.41. The summed E-state index contributed by atoms with van der Waals surface area (Å²) < 4.78 is 0. The minimum Gasteiger partial charge on any atom is -0.310 e. The molecule has 0 aliphatic carbocycles. The quantitative estimate of drug-likeness (QED) is 0.158. The van der Waals surface area contributed by atoms with Gasteiger partial charge in [0.2, 0.25) is 0 Å². The fraction of sp³-hybridized carbons (Fsp3) is 0.0612. The summed E-state index contributed by atoms with van der Waals surface area (Å²) in [4.78, 5) is 4.75. The second-order valence-corrected chi connectivity index (χ2v) is 13.7. The summed E-state index contributed by atoms with van der Waals surface area (Å²) in [5.74, 6) is 0. The van der Waals surface area contributed by atoms with Gasteiger partial charge >= 0.3 is 0 Å². The Bertz CT molecular complexity index is 2610. The molecule has 9 rings (SSSR count). The van der Waals surface area contributed by atoms with E-state index in [0.717, 1.165) is 28.4 Å². The molecule has 51 heavy (non-hydrogen) atoms. The van der Waals surface area contributed by atoms with Gasteiger partial charge in [-0.3, -0.25) is 0 Å². The van der Waals surface area contributed by atoms with Crippen molar-refractivity contribution >= 4 is 66.4 Å². The second-order valence-electron chi connectivity index (χ2n) is 13.7. The average molecular weight is 655 g/mol. The van der Waals surface area contributed by atoms with Crippen molar-refractivity contribution in [3.05, 3.63) is 193 Å². The summed E-state index contributed by atoms with van der Waals surface area (Å²) in [7, 11) is 0. The topological polar surface area (TPSA) is 6.48 Å². The van der Waals surface area contributed by atoms with Gasteiger partial charge in [-0.25, -0.2) is 0 Å². The summed E-state index contributed by atoms with van der Waals surface area (Å²) in [6.07, 6.45) is 0. The first-order valence-corrected chi connectivity index (χ1v) is 17.7. The predicted octanol–water partition coefficient (Wildman–Crippen LogP) is 14.1. The van der Waals surface area contributed by atoms with Crippen molar-refractivity contribution in [1.29, 1.82) is 0 Å². The molecular weight excluding hydrogens is 617 g/mol. The number of anilines is 6. The zero-order valence-electron chi connectivity index (χ0n) is 29.1. The van der Waals surface area contributed by atoms with Gasteiger partial charge in [0.15, 0.2) is 0 Å². The molecule has 0 saturated heterocycles. The molecule has 0 spiro atoms. The Balaban J connectivity index is 1.11. The SMILES string of the molecule is Cc1cccc(N(c2ccc(-c3ccc(N(c4cccc(C)c4)c4ccc5ccc6cccc7ccc4c5c67)cc3)cc2)c2cccc(C)c2)c1. The Labute approximate surface area is 299 Å². The van der Waals surface area contributed by atoms with E-state index < -0.39 is 0 Å². The number of nitrogens with zero attached hydrogens (tertiary/aromatic N) is 2. The summed E-state index contributed by atoms with van der Waals surface area (Å²) in [6.45, 7) is 6.46. The summed E-state index contributed by atoms with van der Waals surface area (Å²) >= 11 is 0. The fourth-order valence-corrected chi connectivity index (χ4v) is 7.70. The number of hydrogen-bond acceptors (Lipinski definition) is 2. The third kappa shape index (κ3) is 5.56. The molecule has 2 nitrogen and oxygen atoms in total. The second kappa shape index (κ2) is 12.5. The molecule has 0 amide bonds. The third-order valence-corrected chi connectivity index (χ3v) is 10.1. The van der Waals surface area contributed by atoms with E-state index in [2.05, 4.69) is 206 Å². The molecule has 0 heterocycles. The molecule has 0 bridgehead atoms. The van der Waals surface area contributed by atoms with Crippen LogP contribution >= 0.6 is 0 Å². The van der Waals surface area contributed by atoms with Crippen LogP contribution in [0.4, 0.5) is 34.1 Å². The van der Waals surface area contributed by atoms with Gasteiger partial charge in [-0.15, -0.1) is 0 Å². The summed E-state index contributed by atoms with van der Waals surface area (Å²) in [5.41, 5.74) is 13.0. The van der Waals surface area contributed by atoms with Crippen LogP contribution in [0.15, 0.2) is 176 Å².